The van der Waals surface area contributed by atoms with E-state index in [0.717, 1.165) is 0 Å². The number of hydrogen-bond acceptors (Lipinski definition) is 2. The van der Waals surface area contributed by atoms with Crippen LogP contribution >= 0.6 is 11.6 Å². The van der Waals surface area contributed by atoms with Crippen LogP contribution in [0, 0.1) is 0 Å². The lowest BCUT2D eigenvalue weighted by Crippen LogP contribution is -2.61. The van der Waals surface area contributed by atoms with Gasteiger partial charge < -0.3 is 10.6 Å². The number of nitrogens with one attached hydrogen (secondary N) is 3. The van der Waals surface area contributed by atoms with Crippen LogP contribution in [0.1, 0.15) is 6.92 Å². The van der Waals surface area contributed by atoms with E-state index in [-0.39, 0.29) is 12.2 Å². The second-order valence-electron chi connectivity index (χ2n) is 1.87. The van der Waals surface area contributed by atoms with E-state index < -0.39 is 5.62 Å². The van der Waals surface area contributed by atoms with Crippen LogP contribution in [0.2, 0.25) is 0 Å². The largest absolute Gasteiger partial charge is 0.323 e. The molecule has 52 valence electrons. The zero-order valence-electron chi connectivity index (χ0n) is 4.94. The number of alkyl halides is 1. The van der Waals surface area contributed by atoms with Crippen molar-refractivity contribution in [1.82, 2.24) is 16.0 Å². The van der Waals surface area contributed by atoms with Gasteiger partial charge in [-0.3, -0.25) is 5.32 Å². The molecule has 1 aliphatic rings. The molecular weight excluding hydrogens is 142 g/mol. The van der Waals surface area contributed by atoms with Crippen molar-refractivity contribution < 1.29 is 4.79 Å². The van der Waals surface area contributed by atoms with Crippen LogP contribution in [-0.4, -0.2) is 17.8 Å². The van der Waals surface area contributed by atoms with Crippen molar-refractivity contribution in [3.05, 3.63) is 0 Å². The van der Waals surface area contributed by atoms with E-state index >= 15 is 0 Å². The average Bonchev–Trinajstić information content (AvgIpc) is 1.59. The predicted molar refractivity (Wildman–Crippen MR) is 33.9 cm³/mol. The highest BCUT2D eigenvalue weighted by Gasteiger charge is 2.18. The lowest BCUT2D eigenvalue weighted by Gasteiger charge is -2.26. The summed E-state index contributed by atoms with van der Waals surface area (Å²) in [7, 11) is 0. The third-order valence-corrected chi connectivity index (χ3v) is 1.24. The number of carbonyl (C=O) groups excluding carboxylic acids is 1. The van der Waals surface area contributed by atoms with Crippen molar-refractivity contribution >= 4 is 17.6 Å². The highest BCUT2D eigenvalue weighted by Crippen LogP contribution is 1.92. The van der Waals surface area contributed by atoms with Crippen LogP contribution in [0.4, 0.5) is 4.79 Å². The molecule has 1 heterocycles. The Morgan fingerprint density at radius 1 is 1.56 bits per heavy atom. The van der Waals surface area contributed by atoms with Crippen LogP contribution in [0.15, 0.2) is 0 Å². The molecule has 1 aliphatic heterocycles. The van der Waals surface area contributed by atoms with Gasteiger partial charge in [-0.2, -0.15) is 0 Å². The van der Waals surface area contributed by atoms with Gasteiger partial charge in [0, 0.05) is 0 Å². The van der Waals surface area contributed by atoms with Gasteiger partial charge in [0.1, 0.15) is 0 Å². The molecule has 9 heavy (non-hydrogen) atoms. The number of hydrogen-bond donors (Lipinski definition) is 3. The minimum absolute atomic E-state index is 0.0544. The van der Waals surface area contributed by atoms with E-state index in [9.17, 15) is 4.79 Å². The molecule has 1 saturated heterocycles. The zero-order chi connectivity index (χ0) is 6.85. The maximum Gasteiger partial charge on any atom is 0.318 e. The second kappa shape index (κ2) is 2.41. The topological polar surface area (TPSA) is 53.2 Å². The van der Waals surface area contributed by atoms with E-state index in [2.05, 4.69) is 16.0 Å². The highest BCUT2D eigenvalue weighted by atomic mass is 35.5. The van der Waals surface area contributed by atoms with Crippen molar-refractivity contribution in [3.8, 4) is 0 Å². The molecule has 2 amide bonds. The maximum atomic E-state index is 10.5. The molecule has 0 bridgehead atoms. The number of halogens is 1. The normalized spacial score (nSPS) is 35.1. The minimum atomic E-state index is -0.450. The van der Waals surface area contributed by atoms with Gasteiger partial charge in [0.2, 0.25) is 0 Å². The van der Waals surface area contributed by atoms with Gasteiger partial charge in [-0.25, -0.2) is 4.79 Å². The van der Waals surface area contributed by atoms with Crippen molar-refractivity contribution in [2.75, 3.05) is 0 Å². The first-order valence-corrected chi connectivity index (χ1v) is 3.09. The monoisotopic (exact) mass is 149 g/mol. The summed E-state index contributed by atoms with van der Waals surface area (Å²) >= 11 is 5.52. The molecule has 1 rings (SSSR count). The standard InChI is InChI=1S/C4H8ClN3O/c1-2-6-3(5)8-4(9)7-2/h2-3,6H,1H3,(H2,7,8,9). The third kappa shape index (κ3) is 1.73. The lowest BCUT2D eigenvalue weighted by atomic mass is 10.5. The lowest BCUT2D eigenvalue weighted by molar-refractivity contribution is 0.221. The average molecular weight is 150 g/mol. The molecule has 5 heteroatoms. The molecule has 3 N–H and O–H groups in total. The molecule has 4 nitrogen and oxygen atoms in total. The molecule has 0 radical (unpaired) electrons. The van der Waals surface area contributed by atoms with Gasteiger partial charge in [-0.15, -0.1) is 0 Å². The van der Waals surface area contributed by atoms with Crippen molar-refractivity contribution in [3.63, 3.8) is 0 Å². The summed E-state index contributed by atoms with van der Waals surface area (Å²) in [5.74, 6) is 0. The van der Waals surface area contributed by atoms with E-state index in [1.165, 1.54) is 0 Å². The fourth-order valence-corrected chi connectivity index (χ4v) is 0.944. The first kappa shape index (κ1) is 6.64. The first-order chi connectivity index (χ1) is 4.18. The minimum Gasteiger partial charge on any atom is -0.323 e. The molecule has 0 saturated carbocycles. The van der Waals surface area contributed by atoms with Crippen LogP contribution in [0.5, 0.6) is 0 Å². The SMILES string of the molecule is CC1NC(=O)NC(Cl)N1. The molecule has 0 aromatic rings. The molecular formula is C4H8ClN3O. The smallest absolute Gasteiger partial charge is 0.318 e. The van der Waals surface area contributed by atoms with E-state index in [4.69, 9.17) is 11.6 Å². The summed E-state index contributed by atoms with van der Waals surface area (Å²) in [6.45, 7) is 1.81. The molecule has 0 spiro atoms. The molecule has 0 aliphatic carbocycles. The Kier molecular flexibility index (Phi) is 1.78. The quantitative estimate of drug-likeness (QED) is 0.329. The fraction of sp³-hybridized carbons (Fsp3) is 0.750. The van der Waals surface area contributed by atoms with Gasteiger partial charge in [-0.1, -0.05) is 11.6 Å². The van der Waals surface area contributed by atoms with Gasteiger partial charge in [-0.05, 0) is 6.92 Å². The van der Waals surface area contributed by atoms with E-state index in [1.807, 2.05) is 6.92 Å². The molecule has 2 atom stereocenters. The van der Waals surface area contributed by atoms with Gasteiger partial charge in [0.25, 0.3) is 0 Å². The Bertz CT molecular complexity index is 117. The second-order valence-corrected chi connectivity index (χ2v) is 2.31. The van der Waals surface area contributed by atoms with Crippen LogP contribution < -0.4 is 16.0 Å². The van der Waals surface area contributed by atoms with E-state index in [0.29, 0.717) is 0 Å². The number of rotatable bonds is 0. The fourth-order valence-electron chi connectivity index (χ4n) is 0.656. The highest BCUT2D eigenvalue weighted by molar-refractivity contribution is 6.21. The predicted octanol–water partition coefficient (Wildman–Crippen LogP) is -0.243. The summed E-state index contributed by atoms with van der Waals surface area (Å²) < 4.78 is 0. The molecule has 0 aromatic heterocycles. The Balaban J connectivity index is 2.43. The van der Waals surface area contributed by atoms with E-state index in [1.54, 1.807) is 0 Å². The molecule has 1 fully saturated rings. The third-order valence-electron chi connectivity index (χ3n) is 1.00. The summed E-state index contributed by atoms with van der Waals surface area (Å²) in [4.78, 5) is 10.5. The number of urea groups is 1. The van der Waals surface area contributed by atoms with Gasteiger partial charge in [0.05, 0.1) is 6.17 Å². The summed E-state index contributed by atoms with van der Waals surface area (Å²) in [5, 5.41) is 7.81. The van der Waals surface area contributed by atoms with Gasteiger partial charge in [0.15, 0.2) is 5.62 Å². The number of amides is 2. The van der Waals surface area contributed by atoms with Crippen molar-refractivity contribution in [2.24, 2.45) is 0 Å². The first-order valence-electron chi connectivity index (χ1n) is 2.65. The zero-order valence-corrected chi connectivity index (χ0v) is 5.70. The summed E-state index contributed by atoms with van der Waals surface area (Å²) in [6.07, 6.45) is -0.0544. The number of carbonyl (C=O) groups is 1. The van der Waals surface area contributed by atoms with Crippen molar-refractivity contribution in [1.29, 1.82) is 0 Å². The Labute approximate surface area is 57.9 Å². The van der Waals surface area contributed by atoms with Crippen LogP contribution in [0.25, 0.3) is 0 Å². The Hall–Kier alpha value is -0.480. The summed E-state index contributed by atoms with van der Waals surface area (Å²) in [6, 6.07) is -0.235. The molecule has 2 unspecified atom stereocenters. The van der Waals surface area contributed by atoms with Crippen molar-refractivity contribution in [2.45, 2.75) is 18.7 Å². The molecule has 0 aromatic carbocycles. The van der Waals surface area contributed by atoms with Crippen LogP contribution in [0.3, 0.4) is 0 Å². The Morgan fingerprint density at radius 2 is 2.22 bits per heavy atom. The van der Waals surface area contributed by atoms with Gasteiger partial charge >= 0.3 is 6.03 Å². The summed E-state index contributed by atoms with van der Waals surface area (Å²) in [5.41, 5.74) is -0.450. The van der Waals surface area contributed by atoms with Crippen LogP contribution in [-0.2, 0) is 0 Å². The Morgan fingerprint density at radius 3 is 2.67 bits per heavy atom. The maximum absolute atomic E-state index is 10.5.